The molecule has 0 saturated carbocycles. The number of anilines is 1. The van der Waals surface area contributed by atoms with Crippen molar-refractivity contribution in [1.82, 2.24) is 9.78 Å². The molecular weight excluding hydrogens is 199 g/mol. The van der Waals surface area contributed by atoms with Crippen LogP contribution in [-0.4, -0.2) is 15.7 Å². The van der Waals surface area contributed by atoms with Crippen molar-refractivity contribution in [2.24, 2.45) is 0 Å². The van der Waals surface area contributed by atoms with Crippen molar-refractivity contribution in [2.75, 3.05) is 5.32 Å². The molecule has 0 spiro atoms. The second-order valence-corrected chi connectivity index (χ2v) is 2.72. The van der Waals surface area contributed by atoms with Crippen molar-refractivity contribution in [3.8, 4) is 6.07 Å². The van der Waals surface area contributed by atoms with Gasteiger partial charge in [-0.25, -0.2) is 4.39 Å². The van der Waals surface area contributed by atoms with Crippen LogP contribution in [-0.2, 0) is 11.3 Å². The van der Waals surface area contributed by atoms with E-state index in [9.17, 15) is 9.18 Å². The largest absolute Gasteiger partial charge is 0.316 e. The predicted octanol–water partition coefficient (Wildman–Crippen LogP) is 1.20. The fourth-order valence-electron chi connectivity index (χ4n) is 0.948. The van der Waals surface area contributed by atoms with Gasteiger partial charge < -0.3 is 5.32 Å². The van der Waals surface area contributed by atoms with E-state index in [4.69, 9.17) is 5.26 Å². The first-order valence-electron chi connectivity index (χ1n) is 4.21. The minimum Gasteiger partial charge on any atom is -0.316 e. The van der Waals surface area contributed by atoms with Gasteiger partial charge in [0.2, 0.25) is 0 Å². The first-order valence-corrected chi connectivity index (χ1v) is 4.21. The zero-order valence-corrected chi connectivity index (χ0v) is 8.12. The number of carbonyl (C=O) groups excluding carboxylic acids is 1. The number of hydrogen-bond donors (Lipinski definition) is 1. The Hall–Kier alpha value is -2.16. The van der Waals surface area contributed by atoms with Crippen molar-refractivity contribution in [3.63, 3.8) is 0 Å². The van der Waals surface area contributed by atoms with E-state index in [-0.39, 0.29) is 11.4 Å². The van der Waals surface area contributed by atoms with E-state index in [0.29, 0.717) is 6.54 Å². The normalized spacial score (nSPS) is 9.40. The molecule has 0 radical (unpaired) electrons. The Balaban J connectivity index is 2.94. The van der Waals surface area contributed by atoms with Crippen LogP contribution in [0.25, 0.3) is 0 Å². The lowest BCUT2D eigenvalue weighted by Gasteiger charge is -1.98. The zero-order valence-electron chi connectivity index (χ0n) is 8.12. The average Bonchev–Trinajstić information content (AvgIpc) is 2.60. The van der Waals surface area contributed by atoms with Gasteiger partial charge in [-0.1, -0.05) is 6.58 Å². The molecule has 78 valence electrons. The average molecular weight is 208 g/mol. The van der Waals surface area contributed by atoms with Gasteiger partial charge >= 0.3 is 0 Å². The van der Waals surface area contributed by atoms with E-state index >= 15 is 0 Å². The number of nitriles is 1. The van der Waals surface area contributed by atoms with Crippen molar-refractivity contribution >= 4 is 11.6 Å². The number of nitrogens with zero attached hydrogens (tertiary/aromatic N) is 3. The molecule has 0 bridgehead atoms. The summed E-state index contributed by atoms with van der Waals surface area (Å²) in [6, 6.07) is 1.80. The first kappa shape index (κ1) is 10.9. The third-order valence-corrected chi connectivity index (χ3v) is 1.69. The summed E-state index contributed by atoms with van der Waals surface area (Å²) in [6.45, 7) is 5.23. The molecule has 1 amide bonds. The Morgan fingerprint density at radius 1 is 1.87 bits per heavy atom. The monoisotopic (exact) mass is 208 g/mol. The van der Waals surface area contributed by atoms with Crippen LogP contribution in [0.15, 0.2) is 18.6 Å². The highest BCUT2D eigenvalue weighted by molar-refractivity contribution is 6.02. The van der Waals surface area contributed by atoms with Crippen LogP contribution in [0.1, 0.15) is 12.6 Å². The summed E-state index contributed by atoms with van der Waals surface area (Å²) in [6.07, 6.45) is 1.46. The third kappa shape index (κ3) is 2.40. The molecular formula is C9H9FN4O. The van der Waals surface area contributed by atoms with E-state index in [1.165, 1.54) is 10.9 Å². The van der Waals surface area contributed by atoms with Crippen molar-refractivity contribution in [2.45, 2.75) is 13.5 Å². The van der Waals surface area contributed by atoms with Gasteiger partial charge in [-0.05, 0) is 6.92 Å². The number of hydrogen-bond acceptors (Lipinski definition) is 3. The second-order valence-electron chi connectivity index (χ2n) is 2.72. The third-order valence-electron chi connectivity index (χ3n) is 1.69. The molecule has 0 saturated heterocycles. The van der Waals surface area contributed by atoms with Crippen LogP contribution < -0.4 is 5.32 Å². The molecule has 0 atom stereocenters. The molecule has 0 aromatic carbocycles. The smallest absolute Gasteiger partial charge is 0.283 e. The van der Waals surface area contributed by atoms with E-state index in [2.05, 4.69) is 17.0 Å². The summed E-state index contributed by atoms with van der Waals surface area (Å²) >= 11 is 0. The summed E-state index contributed by atoms with van der Waals surface area (Å²) in [5, 5.41) is 14.7. The summed E-state index contributed by atoms with van der Waals surface area (Å²) < 4.78 is 13.9. The molecule has 0 unspecified atom stereocenters. The molecule has 5 nitrogen and oxygen atoms in total. The van der Waals surface area contributed by atoms with Crippen LogP contribution in [0, 0.1) is 11.3 Å². The van der Waals surface area contributed by atoms with E-state index in [1.807, 2.05) is 6.92 Å². The van der Waals surface area contributed by atoms with Crippen LogP contribution in [0.2, 0.25) is 0 Å². The molecule has 6 heteroatoms. The topological polar surface area (TPSA) is 70.7 Å². The standard InChI is InChI=1S/C9H9FN4O/c1-3-14-5-8(7(4-11)13-14)12-9(15)6(2)10/h5H,2-3H2,1H3,(H,12,15). The highest BCUT2D eigenvalue weighted by Crippen LogP contribution is 2.13. The van der Waals surface area contributed by atoms with Gasteiger partial charge in [-0.15, -0.1) is 0 Å². The minimum atomic E-state index is -1.11. The molecule has 0 aliphatic rings. The lowest BCUT2D eigenvalue weighted by molar-refractivity contribution is -0.114. The lowest BCUT2D eigenvalue weighted by atomic mass is 10.4. The SMILES string of the molecule is C=C(F)C(=O)Nc1cn(CC)nc1C#N. The van der Waals surface area contributed by atoms with Gasteiger partial charge in [0, 0.05) is 12.7 Å². The molecule has 1 N–H and O–H groups in total. The molecule has 1 aromatic heterocycles. The van der Waals surface area contributed by atoms with Crippen molar-refractivity contribution in [1.29, 1.82) is 5.26 Å². The van der Waals surface area contributed by atoms with E-state index < -0.39 is 11.7 Å². The van der Waals surface area contributed by atoms with Gasteiger partial charge in [0.1, 0.15) is 6.07 Å². The second kappa shape index (κ2) is 4.37. The van der Waals surface area contributed by atoms with Crippen molar-refractivity contribution in [3.05, 3.63) is 24.3 Å². The predicted molar refractivity (Wildman–Crippen MR) is 51.5 cm³/mol. The lowest BCUT2D eigenvalue weighted by Crippen LogP contribution is -2.11. The Morgan fingerprint density at radius 2 is 2.53 bits per heavy atom. The maximum atomic E-state index is 12.4. The summed E-state index contributed by atoms with van der Waals surface area (Å²) in [4.78, 5) is 10.9. The number of rotatable bonds is 3. The highest BCUT2D eigenvalue weighted by Gasteiger charge is 2.12. The first-order chi connectivity index (χ1) is 7.08. The van der Waals surface area contributed by atoms with Gasteiger partial charge in [-0.2, -0.15) is 10.4 Å². The maximum absolute atomic E-state index is 12.4. The number of amides is 1. The van der Waals surface area contributed by atoms with E-state index in [0.717, 1.165) is 0 Å². The number of aryl methyl sites for hydroxylation is 1. The number of nitrogens with one attached hydrogen (secondary N) is 1. The molecule has 0 fully saturated rings. The molecule has 15 heavy (non-hydrogen) atoms. The number of halogens is 1. The summed E-state index contributed by atoms with van der Waals surface area (Å²) in [7, 11) is 0. The Bertz CT molecular complexity index is 443. The van der Waals surface area contributed by atoms with Crippen LogP contribution in [0.3, 0.4) is 0 Å². The maximum Gasteiger partial charge on any atom is 0.283 e. The van der Waals surface area contributed by atoms with Crippen molar-refractivity contribution < 1.29 is 9.18 Å². The van der Waals surface area contributed by atoms with Crippen LogP contribution >= 0.6 is 0 Å². The van der Waals surface area contributed by atoms with Gasteiger partial charge in [0.15, 0.2) is 11.5 Å². The minimum absolute atomic E-state index is 0.0476. The fourth-order valence-corrected chi connectivity index (χ4v) is 0.948. The van der Waals surface area contributed by atoms with Gasteiger partial charge in [0.25, 0.3) is 5.91 Å². The van der Waals surface area contributed by atoms with E-state index in [1.54, 1.807) is 6.07 Å². The molecule has 1 heterocycles. The molecule has 1 rings (SSSR count). The molecule has 0 aliphatic heterocycles. The van der Waals surface area contributed by atoms with Crippen LogP contribution in [0.4, 0.5) is 10.1 Å². The number of carbonyl (C=O) groups is 1. The van der Waals surface area contributed by atoms with Gasteiger partial charge in [-0.3, -0.25) is 9.48 Å². The molecule has 1 aromatic rings. The summed E-state index contributed by atoms with van der Waals surface area (Å²) in [5.41, 5.74) is 0.231. The van der Waals surface area contributed by atoms with Gasteiger partial charge in [0.05, 0.1) is 5.69 Å². The Kier molecular flexibility index (Phi) is 3.18. The zero-order chi connectivity index (χ0) is 11.4. The number of aromatic nitrogens is 2. The highest BCUT2D eigenvalue weighted by atomic mass is 19.1. The van der Waals surface area contributed by atoms with Crippen LogP contribution in [0.5, 0.6) is 0 Å². The Labute approximate surface area is 85.8 Å². The fraction of sp³-hybridized carbons (Fsp3) is 0.222. The quantitative estimate of drug-likeness (QED) is 0.758. The Morgan fingerprint density at radius 3 is 3.00 bits per heavy atom. The summed E-state index contributed by atoms with van der Waals surface area (Å²) in [5.74, 6) is -2.08. The molecule has 0 aliphatic carbocycles.